The smallest absolute Gasteiger partial charge is 0.374 e. The van der Waals surface area contributed by atoms with Crippen molar-refractivity contribution in [1.82, 2.24) is 9.21 Å². The highest BCUT2D eigenvalue weighted by molar-refractivity contribution is 7.89. The Bertz CT molecular complexity index is 1820. The number of para-hydroxylation sites is 1. The summed E-state index contributed by atoms with van der Waals surface area (Å²) in [5.41, 5.74) is 3.79. The van der Waals surface area contributed by atoms with Gasteiger partial charge >= 0.3 is 5.97 Å². The summed E-state index contributed by atoms with van der Waals surface area (Å²) in [5.74, 6) is -0.333. The van der Waals surface area contributed by atoms with Crippen LogP contribution in [0.4, 0.5) is 5.69 Å². The number of benzene rings is 3. The molecule has 0 bridgehead atoms. The molecule has 0 saturated carbocycles. The van der Waals surface area contributed by atoms with Crippen molar-refractivity contribution >= 4 is 38.6 Å². The van der Waals surface area contributed by atoms with Crippen LogP contribution < -0.4 is 4.90 Å². The zero-order valence-electron chi connectivity index (χ0n) is 28.0. The van der Waals surface area contributed by atoms with Crippen LogP contribution in [-0.4, -0.2) is 68.8 Å². The number of carbonyl (C=O) groups excluding carboxylic acids is 2. The van der Waals surface area contributed by atoms with E-state index < -0.39 is 16.0 Å². The van der Waals surface area contributed by atoms with Crippen LogP contribution in [0.3, 0.4) is 0 Å². The Morgan fingerprint density at radius 3 is 2.30 bits per heavy atom. The molecule has 0 unspecified atom stereocenters. The first-order valence-corrected chi connectivity index (χ1v) is 17.7. The van der Waals surface area contributed by atoms with Crippen LogP contribution >= 0.6 is 0 Å². The molecule has 0 atom stereocenters. The fraction of sp³-hybridized carbons (Fsp3) is 0.405. The predicted molar refractivity (Wildman–Crippen MR) is 184 cm³/mol. The van der Waals surface area contributed by atoms with Crippen LogP contribution in [0.15, 0.2) is 82.1 Å². The zero-order chi connectivity index (χ0) is 33.8. The summed E-state index contributed by atoms with van der Waals surface area (Å²) in [6.07, 6.45) is 1.04. The SMILES string of the molecule is CCOC(=O)c1oc2ccc(S(=O)(=O)N(CCc3ccccc3)Cc3ccccc3N3CCN(C(=O)CC(C)(C)C)CC3)cc2c1C. The summed E-state index contributed by atoms with van der Waals surface area (Å²) in [6, 6.07) is 22.5. The fourth-order valence-corrected chi connectivity index (χ4v) is 7.43. The maximum atomic E-state index is 14.4. The van der Waals surface area contributed by atoms with Gasteiger partial charge in [0.2, 0.25) is 21.7 Å². The van der Waals surface area contributed by atoms with Crippen molar-refractivity contribution in [3.63, 3.8) is 0 Å². The summed E-state index contributed by atoms with van der Waals surface area (Å²) >= 11 is 0. The number of nitrogens with zero attached hydrogens (tertiary/aromatic N) is 3. The van der Waals surface area contributed by atoms with E-state index in [1.165, 1.54) is 10.4 Å². The molecule has 4 aromatic rings. The highest BCUT2D eigenvalue weighted by Gasteiger charge is 2.30. The number of anilines is 1. The molecular weight excluding hydrogens is 614 g/mol. The van der Waals surface area contributed by atoms with E-state index in [4.69, 9.17) is 9.15 Å². The van der Waals surface area contributed by atoms with Gasteiger partial charge in [-0.2, -0.15) is 4.31 Å². The van der Waals surface area contributed by atoms with E-state index in [2.05, 4.69) is 25.7 Å². The molecule has 47 heavy (non-hydrogen) atoms. The first kappa shape index (κ1) is 34.2. The van der Waals surface area contributed by atoms with E-state index >= 15 is 0 Å². The molecule has 0 radical (unpaired) electrons. The van der Waals surface area contributed by atoms with Crippen molar-refractivity contribution < 1.29 is 27.2 Å². The highest BCUT2D eigenvalue weighted by Crippen LogP contribution is 2.31. The topological polar surface area (TPSA) is 100 Å². The average molecular weight is 660 g/mol. The number of hydrogen-bond acceptors (Lipinski definition) is 7. The van der Waals surface area contributed by atoms with Crippen LogP contribution in [0.25, 0.3) is 11.0 Å². The second-order valence-corrected chi connectivity index (χ2v) is 15.2. The van der Waals surface area contributed by atoms with E-state index in [0.29, 0.717) is 55.6 Å². The standard InChI is InChI=1S/C37H45N3O6S/c1-6-45-36(42)35-27(2)31-24-30(16-17-33(31)46-35)47(43,44)40(19-18-28-12-8-7-9-13-28)26-29-14-10-11-15-32(29)38-20-22-39(23-21-38)34(41)25-37(3,4)5/h7-17,24H,6,18-23,25-26H2,1-5H3. The molecule has 0 aliphatic carbocycles. The average Bonchev–Trinajstić information content (AvgIpc) is 3.38. The highest BCUT2D eigenvalue weighted by atomic mass is 32.2. The summed E-state index contributed by atoms with van der Waals surface area (Å²) in [7, 11) is -3.98. The van der Waals surface area contributed by atoms with Crippen molar-refractivity contribution in [2.24, 2.45) is 5.41 Å². The van der Waals surface area contributed by atoms with Crippen LogP contribution in [-0.2, 0) is 32.5 Å². The molecule has 3 aromatic carbocycles. The van der Waals surface area contributed by atoms with Gasteiger partial charge in [0.25, 0.3) is 0 Å². The number of piperazine rings is 1. The minimum absolute atomic E-state index is 0.0699. The van der Waals surface area contributed by atoms with Gasteiger partial charge in [0.05, 0.1) is 11.5 Å². The number of ether oxygens (including phenoxy) is 1. The molecule has 1 saturated heterocycles. The van der Waals surface area contributed by atoms with Crippen LogP contribution in [0.1, 0.15) is 61.4 Å². The minimum atomic E-state index is -3.98. The van der Waals surface area contributed by atoms with E-state index in [-0.39, 0.29) is 41.7 Å². The number of rotatable bonds is 11. The summed E-state index contributed by atoms with van der Waals surface area (Å²) in [6.45, 7) is 12.9. The lowest BCUT2D eigenvalue weighted by atomic mass is 9.91. The number of hydrogen-bond donors (Lipinski definition) is 0. The second kappa shape index (κ2) is 14.3. The third-order valence-electron chi connectivity index (χ3n) is 8.49. The fourth-order valence-electron chi connectivity index (χ4n) is 5.99. The molecule has 0 N–H and O–H groups in total. The van der Waals surface area contributed by atoms with Crippen LogP contribution in [0.2, 0.25) is 0 Å². The molecule has 5 rings (SSSR count). The van der Waals surface area contributed by atoms with Gasteiger partial charge in [-0.1, -0.05) is 69.3 Å². The first-order valence-electron chi connectivity index (χ1n) is 16.2. The lowest BCUT2D eigenvalue weighted by molar-refractivity contribution is -0.133. The maximum absolute atomic E-state index is 14.4. The van der Waals surface area contributed by atoms with Crippen molar-refractivity contribution in [2.75, 3.05) is 44.2 Å². The Labute approximate surface area is 278 Å². The van der Waals surface area contributed by atoms with Crippen molar-refractivity contribution in [2.45, 2.75) is 58.9 Å². The van der Waals surface area contributed by atoms with Gasteiger partial charge < -0.3 is 19.0 Å². The van der Waals surface area contributed by atoms with Gasteiger partial charge in [-0.3, -0.25) is 4.79 Å². The van der Waals surface area contributed by atoms with Gasteiger partial charge in [-0.15, -0.1) is 0 Å². The first-order chi connectivity index (χ1) is 22.4. The lowest BCUT2D eigenvalue weighted by Gasteiger charge is -2.38. The molecule has 250 valence electrons. The summed E-state index contributed by atoms with van der Waals surface area (Å²) < 4.78 is 41.3. The van der Waals surface area contributed by atoms with Crippen molar-refractivity contribution in [3.8, 4) is 0 Å². The number of fused-ring (bicyclic) bond motifs is 1. The molecule has 9 nitrogen and oxygen atoms in total. The molecule has 1 aromatic heterocycles. The molecule has 1 aliphatic rings. The third-order valence-corrected chi connectivity index (χ3v) is 10.3. The van der Waals surface area contributed by atoms with Gasteiger partial charge in [0.1, 0.15) is 5.58 Å². The second-order valence-electron chi connectivity index (χ2n) is 13.2. The van der Waals surface area contributed by atoms with E-state index in [0.717, 1.165) is 16.8 Å². The molecule has 1 fully saturated rings. The van der Waals surface area contributed by atoms with Gasteiger partial charge in [0.15, 0.2) is 0 Å². The summed E-state index contributed by atoms with van der Waals surface area (Å²) in [4.78, 5) is 29.6. The maximum Gasteiger partial charge on any atom is 0.374 e. The largest absolute Gasteiger partial charge is 0.460 e. The van der Waals surface area contributed by atoms with Crippen LogP contribution in [0.5, 0.6) is 0 Å². The van der Waals surface area contributed by atoms with Gasteiger partial charge in [-0.25, -0.2) is 13.2 Å². The molecule has 0 spiro atoms. The molecule has 2 heterocycles. The number of furan rings is 1. The normalized spacial score (nSPS) is 14.2. The van der Waals surface area contributed by atoms with E-state index in [9.17, 15) is 18.0 Å². The summed E-state index contributed by atoms with van der Waals surface area (Å²) in [5, 5.41) is 0.552. The van der Waals surface area contributed by atoms with Crippen molar-refractivity contribution in [1.29, 1.82) is 0 Å². The zero-order valence-corrected chi connectivity index (χ0v) is 28.8. The molecule has 10 heteroatoms. The molecule has 1 amide bonds. The number of carbonyl (C=O) groups is 2. The van der Waals surface area contributed by atoms with Gasteiger partial charge in [-0.05, 0) is 61.1 Å². The Hall–Kier alpha value is -4.15. The quantitative estimate of drug-likeness (QED) is 0.171. The van der Waals surface area contributed by atoms with Crippen molar-refractivity contribution in [3.05, 3.63) is 95.2 Å². The number of esters is 1. The molecule has 1 aliphatic heterocycles. The van der Waals surface area contributed by atoms with E-state index in [1.54, 1.807) is 26.0 Å². The number of sulfonamides is 1. The van der Waals surface area contributed by atoms with Gasteiger partial charge in [0, 0.05) is 62.3 Å². The van der Waals surface area contributed by atoms with E-state index in [1.807, 2.05) is 59.5 Å². The Morgan fingerprint density at radius 2 is 1.62 bits per heavy atom. The number of aryl methyl sites for hydroxylation is 1. The number of amides is 1. The Balaban J connectivity index is 1.43. The van der Waals surface area contributed by atoms with Crippen LogP contribution in [0, 0.1) is 12.3 Å². The minimum Gasteiger partial charge on any atom is -0.460 e. The predicted octanol–water partition coefficient (Wildman–Crippen LogP) is 6.44. The third kappa shape index (κ3) is 8.05. The Morgan fingerprint density at radius 1 is 0.936 bits per heavy atom. The monoisotopic (exact) mass is 659 g/mol. The Kier molecular flexibility index (Phi) is 10.4. The lowest BCUT2D eigenvalue weighted by Crippen LogP contribution is -2.49. The molecular formula is C37H45N3O6S.